The molecule has 0 atom stereocenters. The number of phenols is 1. The van der Waals surface area contributed by atoms with Crippen LogP contribution >= 0.6 is 0 Å². The molecule has 0 aliphatic heterocycles. The minimum absolute atomic E-state index is 0.0481. The lowest BCUT2D eigenvalue weighted by Crippen LogP contribution is -1.88. The summed E-state index contributed by atoms with van der Waals surface area (Å²) in [6.07, 6.45) is 0. The van der Waals surface area contributed by atoms with Crippen molar-refractivity contribution in [3.63, 3.8) is 0 Å². The molecule has 0 unspecified atom stereocenters. The van der Waals surface area contributed by atoms with Gasteiger partial charge in [-0.05, 0) is 12.1 Å². The molecule has 1 aromatic heterocycles. The Hall–Kier alpha value is -2.11. The van der Waals surface area contributed by atoms with E-state index in [0.717, 1.165) is 12.1 Å². The Bertz CT molecular complexity index is 511. The molecule has 0 spiro atoms. The van der Waals surface area contributed by atoms with Crippen molar-refractivity contribution in [1.82, 2.24) is 5.16 Å². The van der Waals surface area contributed by atoms with Gasteiger partial charge in [-0.15, -0.1) is 0 Å². The van der Waals surface area contributed by atoms with Crippen molar-refractivity contribution in [2.24, 2.45) is 0 Å². The highest BCUT2D eigenvalue weighted by molar-refractivity contribution is 5.68. The highest BCUT2D eigenvalue weighted by atomic mass is 19.1. The molecule has 6 heteroatoms. The standard InChI is InChI=1S/C9H6F2N2O2/c10-4-1-2-5(11)9(14)8(4)6-3-7(12)15-13-6/h1-3,14H,12H2. The first kappa shape index (κ1) is 9.45. The molecule has 3 N–H and O–H groups in total. The number of halogens is 2. The van der Waals surface area contributed by atoms with E-state index in [4.69, 9.17) is 5.73 Å². The molecule has 0 aliphatic rings. The topological polar surface area (TPSA) is 72.3 Å². The lowest BCUT2D eigenvalue weighted by atomic mass is 10.1. The first-order chi connectivity index (χ1) is 7.09. The highest BCUT2D eigenvalue weighted by Gasteiger charge is 2.17. The minimum atomic E-state index is -0.937. The average molecular weight is 212 g/mol. The first-order valence-electron chi connectivity index (χ1n) is 3.99. The van der Waals surface area contributed by atoms with Crippen molar-refractivity contribution in [3.05, 3.63) is 29.8 Å². The van der Waals surface area contributed by atoms with E-state index in [-0.39, 0.29) is 17.1 Å². The average Bonchev–Trinajstić information content (AvgIpc) is 2.59. The summed E-state index contributed by atoms with van der Waals surface area (Å²) in [5, 5.41) is 12.7. The van der Waals surface area contributed by atoms with Gasteiger partial charge in [0.05, 0.1) is 5.56 Å². The third-order valence-electron chi connectivity index (χ3n) is 1.86. The number of hydrogen-bond donors (Lipinski definition) is 2. The number of phenolic OH excluding ortho intramolecular Hbond substituents is 1. The maximum atomic E-state index is 13.3. The summed E-state index contributed by atoms with van der Waals surface area (Å²) in [4.78, 5) is 0. The second kappa shape index (κ2) is 3.23. The van der Waals surface area contributed by atoms with Crippen LogP contribution in [0.25, 0.3) is 11.3 Å². The summed E-state index contributed by atoms with van der Waals surface area (Å²) in [5.41, 5.74) is 4.81. The fourth-order valence-electron chi connectivity index (χ4n) is 1.19. The van der Waals surface area contributed by atoms with Crippen LogP contribution < -0.4 is 5.73 Å². The largest absolute Gasteiger partial charge is 0.504 e. The third kappa shape index (κ3) is 1.50. The van der Waals surface area contributed by atoms with Crippen molar-refractivity contribution < 1.29 is 18.4 Å². The number of nitrogen functional groups attached to an aromatic ring is 1. The summed E-state index contributed by atoms with van der Waals surface area (Å²) in [6.45, 7) is 0. The van der Waals surface area contributed by atoms with E-state index in [0.29, 0.717) is 0 Å². The molecule has 0 fully saturated rings. The monoisotopic (exact) mass is 212 g/mol. The lowest BCUT2D eigenvalue weighted by molar-refractivity contribution is 0.423. The molecule has 2 rings (SSSR count). The Morgan fingerprint density at radius 1 is 1.27 bits per heavy atom. The first-order valence-corrected chi connectivity index (χ1v) is 3.99. The van der Waals surface area contributed by atoms with Crippen LogP contribution in [0.4, 0.5) is 14.7 Å². The van der Waals surface area contributed by atoms with Crippen molar-refractivity contribution in [1.29, 1.82) is 0 Å². The Morgan fingerprint density at radius 3 is 2.53 bits per heavy atom. The predicted octanol–water partition coefficient (Wildman–Crippen LogP) is 1.91. The molecule has 2 aromatic rings. The Balaban J connectivity index is 2.66. The molecule has 0 radical (unpaired) electrons. The van der Waals surface area contributed by atoms with Gasteiger partial charge in [-0.3, -0.25) is 0 Å². The molecule has 78 valence electrons. The van der Waals surface area contributed by atoms with E-state index >= 15 is 0 Å². The van der Waals surface area contributed by atoms with Crippen molar-refractivity contribution >= 4 is 5.88 Å². The predicted molar refractivity (Wildman–Crippen MR) is 47.9 cm³/mol. The number of rotatable bonds is 1. The zero-order valence-electron chi connectivity index (χ0n) is 7.37. The summed E-state index contributed by atoms with van der Waals surface area (Å²) in [5.74, 6) is -2.61. The van der Waals surface area contributed by atoms with Crippen LogP contribution in [0.1, 0.15) is 0 Å². The molecule has 0 amide bonds. The quantitative estimate of drug-likeness (QED) is 0.757. The van der Waals surface area contributed by atoms with Crippen LogP contribution in [0.2, 0.25) is 0 Å². The maximum Gasteiger partial charge on any atom is 0.222 e. The summed E-state index contributed by atoms with van der Waals surface area (Å²) < 4.78 is 30.7. The number of nitrogens with zero attached hydrogens (tertiary/aromatic N) is 1. The van der Waals surface area contributed by atoms with E-state index in [1.165, 1.54) is 6.07 Å². The smallest absolute Gasteiger partial charge is 0.222 e. The molecular formula is C9H6F2N2O2. The maximum absolute atomic E-state index is 13.3. The third-order valence-corrected chi connectivity index (χ3v) is 1.86. The molecule has 0 bridgehead atoms. The van der Waals surface area contributed by atoms with Gasteiger partial charge < -0.3 is 15.4 Å². The van der Waals surface area contributed by atoms with Crippen LogP contribution in [-0.4, -0.2) is 10.3 Å². The normalized spacial score (nSPS) is 10.5. The van der Waals surface area contributed by atoms with E-state index in [1.807, 2.05) is 0 Å². The molecular weight excluding hydrogens is 206 g/mol. The number of nitrogens with two attached hydrogens (primary N) is 1. The van der Waals surface area contributed by atoms with Gasteiger partial charge >= 0.3 is 0 Å². The fraction of sp³-hybridized carbons (Fsp3) is 0. The second-order valence-electron chi connectivity index (χ2n) is 2.87. The van der Waals surface area contributed by atoms with Gasteiger partial charge in [0.1, 0.15) is 11.5 Å². The Kier molecular flexibility index (Phi) is 2.03. The SMILES string of the molecule is Nc1cc(-c2c(F)ccc(F)c2O)no1. The number of aromatic nitrogens is 1. The summed E-state index contributed by atoms with van der Waals surface area (Å²) in [6, 6.07) is 2.89. The van der Waals surface area contributed by atoms with Gasteiger partial charge in [0.2, 0.25) is 5.88 Å². The van der Waals surface area contributed by atoms with Gasteiger partial charge in [-0.25, -0.2) is 8.78 Å². The molecule has 15 heavy (non-hydrogen) atoms. The number of anilines is 1. The lowest BCUT2D eigenvalue weighted by Gasteiger charge is -2.02. The van der Waals surface area contributed by atoms with E-state index in [2.05, 4.69) is 9.68 Å². The summed E-state index contributed by atoms with van der Waals surface area (Å²) >= 11 is 0. The van der Waals surface area contributed by atoms with Gasteiger partial charge in [-0.1, -0.05) is 5.16 Å². The number of hydrogen-bond acceptors (Lipinski definition) is 4. The molecule has 0 saturated heterocycles. The van der Waals surface area contributed by atoms with Gasteiger partial charge in [0.15, 0.2) is 11.6 Å². The van der Waals surface area contributed by atoms with Crippen molar-refractivity contribution in [2.45, 2.75) is 0 Å². The fourth-order valence-corrected chi connectivity index (χ4v) is 1.19. The zero-order chi connectivity index (χ0) is 11.0. The van der Waals surface area contributed by atoms with Crippen molar-refractivity contribution in [2.75, 3.05) is 5.73 Å². The Morgan fingerprint density at radius 2 is 1.93 bits per heavy atom. The molecule has 0 saturated carbocycles. The van der Waals surface area contributed by atoms with Crippen molar-refractivity contribution in [3.8, 4) is 17.0 Å². The molecule has 0 aliphatic carbocycles. The van der Waals surface area contributed by atoms with Gasteiger partial charge in [-0.2, -0.15) is 0 Å². The zero-order valence-corrected chi connectivity index (χ0v) is 7.37. The summed E-state index contributed by atoms with van der Waals surface area (Å²) in [7, 11) is 0. The van der Waals surface area contributed by atoms with Gasteiger partial charge in [0, 0.05) is 6.07 Å². The van der Waals surface area contributed by atoms with E-state index in [1.54, 1.807) is 0 Å². The van der Waals surface area contributed by atoms with Gasteiger partial charge in [0.25, 0.3) is 0 Å². The highest BCUT2D eigenvalue weighted by Crippen LogP contribution is 2.33. The molecule has 4 nitrogen and oxygen atoms in total. The van der Waals surface area contributed by atoms with Crippen LogP contribution in [0.3, 0.4) is 0 Å². The van der Waals surface area contributed by atoms with Crippen LogP contribution in [0.15, 0.2) is 22.7 Å². The Labute approximate surface area is 82.9 Å². The van der Waals surface area contributed by atoms with Crippen LogP contribution in [0, 0.1) is 11.6 Å². The number of benzene rings is 1. The second-order valence-corrected chi connectivity index (χ2v) is 2.87. The molecule has 1 aromatic carbocycles. The van der Waals surface area contributed by atoms with Crippen LogP contribution in [0.5, 0.6) is 5.75 Å². The van der Waals surface area contributed by atoms with E-state index < -0.39 is 17.4 Å². The molecule has 1 heterocycles. The minimum Gasteiger partial charge on any atom is -0.504 e. The van der Waals surface area contributed by atoms with Crippen LogP contribution in [-0.2, 0) is 0 Å². The number of aromatic hydroxyl groups is 1. The van der Waals surface area contributed by atoms with E-state index in [9.17, 15) is 13.9 Å².